The van der Waals surface area contributed by atoms with E-state index in [9.17, 15) is 9.59 Å². The van der Waals surface area contributed by atoms with Crippen LogP contribution >= 0.6 is 45.3 Å². The Morgan fingerprint density at radius 3 is 1.43 bits per heavy atom. The van der Waals surface area contributed by atoms with E-state index in [1.54, 1.807) is 45.3 Å². The van der Waals surface area contributed by atoms with Gasteiger partial charge in [0.25, 0.3) is 11.8 Å². The van der Waals surface area contributed by atoms with Crippen LogP contribution in [0.25, 0.3) is 30.2 Å². The minimum Gasteiger partial charge on any atom is -0.306 e. The second kappa shape index (κ2) is 14.0. The zero-order valence-corrected chi connectivity index (χ0v) is 29.7. The number of carbonyl (C=O) groups excluding carboxylic acids is 2. The molecule has 0 N–H and O–H groups in total. The van der Waals surface area contributed by atoms with E-state index in [1.165, 1.54) is 70.2 Å². The molecule has 0 saturated carbocycles. The third kappa shape index (κ3) is 6.24. The fourth-order valence-corrected chi connectivity index (χ4v) is 11.0. The predicted molar refractivity (Wildman–Crippen MR) is 193 cm³/mol. The van der Waals surface area contributed by atoms with Crippen molar-refractivity contribution in [3.05, 3.63) is 55.9 Å². The Kier molecular flexibility index (Phi) is 10.1. The molecular weight excluding hydrogens is 621 g/mol. The van der Waals surface area contributed by atoms with Crippen LogP contribution < -0.4 is 0 Å². The maximum absolute atomic E-state index is 14.7. The molecule has 4 aromatic heterocycles. The van der Waals surface area contributed by atoms with Crippen molar-refractivity contribution in [1.29, 1.82) is 0 Å². The second-order valence-electron chi connectivity index (χ2n) is 12.7. The smallest absolute Gasteiger partial charge is 0.261 e. The third-order valence-electron chi connectivity index (χ3n) is 9.02. The van der Waals surface area contributed by atoms with Gasteiger partial charge in [0.15, 0.2) is 0 Å². The number of thiophene rings is 4. The summed E-state index contributed by atoms with van der Waals surface area (Å²) in [5, 5.41) is 4.24. The molecule has 0 spiro atoms. The van der Waals surface area contributed by atoms with Gasteiger partial charge < -0.3 is 9.80 Å². The first-order chi connectivity index (χ1) is 21.4. The highest BCUT2D eigenvalue weighted by atomic mass is 32.1. The second-order valence-corrected chi connectivity index (χ2v) is 16.8. The van der Waals surface area contributed by atoms with Gasteiger partial charge in [0, 0.05) is 31.9 Å². The van der Waals surface area contributed by atoms with Crippen molar-refractivity contribution in [2.45, 2.75) is 91.9 Å². The molecule has 8 heteroatoms. The summed E-state index contributed by atoms with van der Waals surface area (Å²) >= 11 is 6.87. The first-order valence-electron chi connectivity index (χ1n) is 16.5. The van der Waals surface area contributed by atoms with Gasteiger partial charge in [-0.15, -0.1) is 45.3 Å². The molecular formula is C36H44N2O2S4. The van der Waals surface area contributed by atoms with Crippen LogP contribution in [0.3, 0.4) is 0 Å². The lowest BCUT2D eigenvalue weighted by Gasteiger charge is -2.27. The molecule has 0 aliphatic carbocycles. The molecule has 2 unspecified atom stereocenters. The summed E-state index contributed by atoms with van der Waals surface area (Å²) in [6, 6.07) is 8.71. The molecule has 0 aromatic carbocycles. The minimum atomic E-state index is 0.00497. The highest BCUT2D eigenvalue weighted by molar-refractivity contribution is 7.28. The standard InChI is InChI=1S/C36H44N2O2S4/c1-5-7-9-11-13-23(3)21-37-33(29-19-27-25(43-29)15-17-41-27)31-32(35(37)39)34(30-20-28-26(44-30)16-18-42-28)38(36(31)40)22-24(4)14-12-10-8-6-2/h15-20,23-24H,5-14,21-22H2,1-4H3. The van der Waals surface area contributed by atoms with E-state index < -0.39 is 0 Å². The summed E-state index contributed by atoms with van der Waals surface area (Å²) < 4.78 is 4.88. The third-order valence-corrected chi connectivity index (χ3v) is 13.2. The van der Waals surface area contributed by atoms with Gasteiger partial charge in [0.2, 0.25) is 0 Å². The Morgan fingerprint density at radius 2 is 1.05 bits per heavy atom. The van der Waals surface area contributed by atoms with Crippen LogP contribution in [-0.2, 0) is 9.59 Å². The molecule has 0 fully saturated rings. The van der Waals surface area contributed by atoms with Crippen molar-refractivity contribution in [3.8, 4) is 0 Å². The van der Waals surface area contributed by atoms with Gasteiger partial charge in [-0.2, -0.15) is 0 Å². The summed E-state index contributed by atoms with van der Waals surface area (Å²) in [7, 11) is 0. The van der Waals surface area contributed by atoms with E-state index in [2.05, 4.69) is 62.7 Å². The molecule has 2 atom stereocenters. The number of rotatable bonds is 16. The van der Waals surface area contributed by atoms with E-state index in [4.69, 9.17) is 0 Å². The SMILES string of the molecule is CCCCCCC(C)CN1C(=O)C2=C(c3cc4sccc4s3)N(CC(C)CCCCCC)C(=O)C2=C1c1cc2sccc2s1. The number of unbranched alkanes of at least 4 members (excludes halogenated alkanes) is 6. The quantitative estimate of drug-likeness (QED) is 0.112. The molecule has 4 aromatic rings. The van der Waals surface area contributed by atoms with Gasteiger partial charge in [-0.3, -0.25) is 9.59 Å². The number of hydrogen-bond acceptors (Lipinski definition) is 6. The van der Waals surface area contributed by atoms with Crippen molar-refractivity contribution in [2.24, 2.45) is 11.8 Å². The molecule has 6 heterocycles. The summed E-state index contributed by atoms with van der Waals surface area (Å²) in [4.78, 5) is 35.3. The van der Waals surface area contributed by atoms with Crippen LogP contribution in [0.5, 0.6) is 0 Å². The highest BCUT2D eigenvalue weighted by Crippen LogP contribution is 2.51. The maximum atomic E-state index is 14.7. The number of fused-ring (bicyclic) bond motifs is 3. The Bertz CT molecular complexity index is 1520. The fourth-order valence-electron chi connectivity index (χ4n) is 6.67. The molecule has 234 valence electrons. The molecule has 0 saturated heterocycles. The minimum absolute atomic E-state index is 0.00497. The van der Waals surface area contributed by atoms with Crippen molar-refractivity contribution in [1.82, 2.24) is 9.80 Å². The Morgan fingerprint density at radius 1 is 0.614 bits per heavy atom. The largest absolute Gasteiger partial charge is 0.306 e. The molecule has 2 aliphatic heterocycles. The molecule has 6 rings (SSSR count). The summed E-state index contributed by atoms with van der Waals surface area (Å²) in [5.74, 6) is 0.726. The van der Waals surface area contributed by atoms with Crippen LogP contribution in [-0.4, -0.2) is 34.7 Å². The number of amides is 2. The van der Waals surface area contributed by atoms with E-state index in [-0.39, 0.29) is 11.8 Å². The summed E-state index contributed by atoms with van der Waals surface area (Å²) in [6.07, 6.45) is 12.0. The van der Waals surface area contributed by atoms with E-state index in [0.717, 1.165) is 34.0 Å². The summed E-state index contributed by atoms with van der Waals surface area (Å²) in [6.45, 7) is 10.3. The zero-order valence-electron chi connectivity index (χ0n) is 26.4. The van der Waals surface area contributed by atoms with Gasteiger partial charge in [-0.05, 0) is 59.7 Å². The van der Waals surface area contributed by atoms with Crippen LogP contribution in [0.4, 0.5) is 0 Å². The summed E-state index contributed by atoms with van der Waals surface area (Å²) in [5.41, 5.74) is 2.95. The van der Waals surface area contributed by atoms with Gasteiger partial charge in [0.05, 0.1) is 32.3 Å². The molecule has 0 bridgehead atoms. The van der Waals surface area contributed by atoms with E-state index in [1.807, 2.05) is 9.80 Å². The topological polar surface area (TPSA) is 40.6 Å². The van der Waals surface area contributed by atoms with Gasteiger partial charge >= 0.3 is 0 Å². The first kappa shape index (κ1) is 31.7. The monoisotopic (exact) mass is 664 g/mol. The predicted octanol–water partition coefficient (Wildman–Crippen LogP) is 11.3. The molecule has 2 aliphatic rings. The van der Waals surface area contributed by atoms with Crippen LogP contribution in [0.1, 0.15) is 102 Å². The zero-order chi connectivity index (χ0) is 30.8. The normalized spacial score (nSPS) is 16.9. The first-order valence-corrected chi connectivity index (χ1v) is 19.9. The van der Waals surface area contributed by atoms with E-state index in [0.29, 0.717) is 36.1 Å². The lowest BCUT2D eigenvalue weighted by molar-refractivity contribution is -0.124. The molecule has 44 heavy (non-hydrogen) atoms. The number of nitrogens with zero attached hydrogens (tertiary/aromatic N) is 2. The highest BCUT2D eigenvalue weighted by Gasteiger charge is 2.49. The van der Waals surface area contributed by atoms with Gasteiger partial charge in [-0.25, -0.2) is 0 Å². The molecule has 4 nitrogen and oxygen atoms in total. The van der Waals surface area contributed by atoms with Gasteiger partial charge in [-0.1, -0.05) is 79.1 Å². The number of carbonyl (C=O) groups is 2. The Hall–Kier alpha value is -2.26. The maximum Gasteiger partial charge on any atom is 0.261 e. The molecule has 0 radical (unpaired) electrons. The average molecular weight is 665 g/mol. The van der Waals surface area contributed by atoms with Crippen molar-refractivity contribution < 1.29 is 9.59 Å². The lowest BCUT2D eigenvalue weighted by Crippen LogP contribution is -2.33. The molecule has 2 amide bonds. The number of hydrogen-bond donors (Lipinski definition) is 0. The van der Waals surface area contributed by atoms with Crippen molar-refractivity contribution >= 4 is 87.4 Å². The van der Waals surface area contributed by atoms with Gasteiger partial charge in [0.1, 0.15) is 0 Å². The van der Waals surface area contributed by atoms with Crippen LogP contribution in [0.2, 0.25) is 0 Å². The fraction of sp³-hybridized carbons (Fsp3) is 0.500. The van der Waals surface area contributed by atoms with Crippen molar-refractivity contribution in [2.75, 3.05) is 13.1 Å². The lowest BCUT2D eigenvalue weighted by atomic mass is 10.0. The van der Waals surface area contributed by atoms with Crippen molar-refractivity contribution in [3.63, 3.8) is 0 Å². The van der Waals surface area contributed by atoms with Crippen LogP contribution in [0.15, 0.2) is 46.2 Å². The Labute approximate surface area is 278 Å². The average Bonchev–Trinajstić information content (AvgIpc) is 3.83. The van der Waals surface area contributed by atoms with E-state index >= 15 is 0 Å². The Balaban J connectivity index is 1.42. The van der Waals surface area contributed by atoms with Crippen LogP contribution in [0, 0.1) is 11.8 Å².